The molecule has 3 rings (SSSR count). The summed E-state index contributed by atoms with van der Waals surface area (Å²) in [4.78, 5) is 8.64. The van der Waals surface area contributed by atoms with Gasteiger partial charge < -0.3 is 9.88 Å². The fraction of sp³-hybridized carbons (Fsp3) is 0.467. The molecule has 4 heteroatoms. The molecular formula is C15H20N4. The topological polar surface area (TPSA) is 42.7 Å². The number of hydrogen-bond donors (Lipinski definition) is 1. The highest BCUT2D eigenvalue weighted by Gasteiger charge is 2.17. The van der Waals surface area contributed by atoms with Crippen LogP contribution in [0.1, 0.15) is 18.5 Å². The smallest absolute Gasteiger partial charge is 0.140 e. The number of piperidine rings is 1. The number of aromatic nitrogens is 3. The number of aryl methyl sites for hydroxylation is 1. The Bertz CT molecular complexity index is 526. The fourth-order valence-corrected chi connectivity index (χ4v) is 2.76. The molecule has 1 fully saturated rings. The third kappa shape index (κ3) is 2.68. The molecule has 0 bridgehead atoms. The van der Waals surface area contributed by atoms with Crippen LogP contribution in [0.4, 0.5) is 0 Å². The minimum Gasteiger partial charge on any atom is -0.328 e. The molecule has 2 aromatic rings. The molecule has 4 nitrogen and oxygen atoms in total. The lowest BCUT2D eigenvalue weighted by molar-refractivity contribution is 0.336. The SMILES string of the molecule is Cc1cnc(-c2ccncc2)n1C[C@@H]1CCCNC1. The van der Waals surface area contributed by atoms with E-state index in [1.165, 1.54) is 18.5 Å². The summed E-state index contributed by atoms with van der Waals surface area (Å²) in [5.41, 5.74) is 2.38. The van der Waals surface area contributed by atoms with E-state index in [0.717, 1.165) is 31.0 Å². The Morgan fingerprint density at radius 3 is 2.95 bits per heavy atom. The zero-order valence-corrected chi connectivity index (χ0v) is 11.3. The van der Waals surface area contributed by atoms with Crippen molar-refractivity contribution >= 4 is 0 Å². The standard InChI is InChI=1S/C15H20N4/c1-12-9-18-15(14-4-7-16-8-5-14)19(12)11-13-3-2-6-17-10-13/h4-5,7-9,13,17H,2-3,6,10-11H2,1H3/t13-/m1/s1. The highest BCUT2D eigenvalue weighted by Crippen LogP contribution is 2.22. The number of pyridine rings is 1. The van der Waals surface area contributed by atoms with E-state index < -0.39 is 0 Å². The van der Waals surface area contributed by atoms with Crippen LogP contribution >= 0.6 is 0 Å². The molecule has 19 heavy (non-hydrogen) atoms. The molecule has 3 heterocycles. The van der Waals surface area contributed by atoms with Crippen LogP contribution in [0.3, 0.4) is 0 Å². The molecule has 0 aliphatic carbocycles. The molecule has 0 spiro atoms. The van der Waals surface area contributed by atoms with Crippen molar-refractivity contribution in [2.45, 2.75) is 26.3 Å². The van der Waals surface area contributed by atoms with Gasteiger partial charge in [-0.05, 0) is 50.9 Å². The van der Waals surface area contributed by atoms with Crippen molar-refractivity contribution in [3.05, 3.63) is 36.4 Å². The number of imidazole rings is 1. The number of hydrogen-bond acceptors (Lipinski definition) is 3. The quantitative estimate of drug-likeness (QED) is 0.916. The normalized spacial score (nSPS) is 19.5. The monoisotopic (exact) mass is 256 g/mol. The Labute approximate surface area is 113 Å². The van der Waals surface area contributed by atoms with Gasteiger partial charge in [-0.15, -0.1) is 0 Å². The first kappa shape index (κ1) is 12.4. The second-order valence-corrected chi connectivity index (χ2v) is 5.28. The second kappa shape index (κ2) is 5.53. The number of nitrogens with zero attached hydrogens (tertiary/aromatic N) is 3. The highest BCUT2D eigenvalue weighted by atomic mass is 15.1. The molecule has 1 aliphatic heterocycles. The summed E-state index contributed by atoms with van der Waals surface area (Å²) in [6.45, 7) is 5.47. The molecule has 2 aromatic heterocycles. The van der Waals surface area contributed by atoms with Gasteiger partial charge in [-0.3, -0.25) is 4.98 Å². The summed E-state index contributed by atoms with van der Waals surface area (Å²) in [6, 6.07) is 4.05. The van der Waals surface area contributed by atoms with E-state index in [4.69, 9.17) is 0 Å². The lowest BCUT2D eigenvalue weighted by Gasteiger charge is -2.24. The predicted octanol–water partition coefficient (Wildman–Crippen LogP) is 2.25. The lowest BCUT2D eigenvalue weighted by atomic mass is 9.99. The Balaban J connectivity index is 1.86. The first-order valence-electron chi connectivity index (χ1n) is 6.98. The summed E-state index contributed by atoms with van der Waals surface area (Å²) < 4.78 is 2.34. The molecule has 0 radical (unpaired) electrons. The maximum Gasteiger partial charge on any atom is 0.140 e. The Morgan fingerprint density at radius 2 is 2.21 bits per heavy atom. The van der Waals surface area contributed by atoms with Crippen LogP contribution in [0, 0.1) is 12.8 Å². The van der Waals surface area contributed by atoms with E-state index >= 15 is 0 Å². The summed E-state index contributed by atoms with van der Waals surface area (Å²) in [6.07, 6.45) is 8.20. The molecule has 0 unspecified atom stereocenters. The zero-order valence-electron chi connectivity index (χ0n) is 11.3. The summed E-state index contributed by atoms with van der Waals surface area (Å²) >= 11 is 0. The Kier molecular flexibility index (Phi) is 3.60. The van der Waals surface area contributed by atoms with Crippen molar-refractivity contribution in [1.82, 2.24) is 19.9 Å². The zero-order chi connectivity index (χ0) is 13.1. The first-order chi connectivity index (χ1) is 9.34. The van der Waals surface area contributed by atoms with Crippen LogP contribution in [0.2, 0.25) is 0 Å². The lowest BCUT2D eigenvalue weighted by Crippen LogP contribution is -2.32. The van der Waals surface area contributed by atoms with Crippen LogP contribution in [0.15, 0.2) is 30.7 Å². The molecule has 0 amide bonds. The minimum atomic E-state index is 0.710. The van der Waals surface area contributed by atoms with Crippen LogP contribution in [0.25, 0.3) is 11.4 Å². The summed E-state index contributed by atoms with van der Waals surface area (Å²) in [5, 5.41) is 3.48. The highest BCUT2D eigenvalue weighted by molar-refractivity contribution is 5.55. The van der Waals surface area contributed by atoms with Gasteiger partial charge in [-0.25, -0.2) is 4.98 Å². The third-order valence-electron chi connectivity index (χ3n) is 3.83. The van der Waals surface area contributed by atoms with Crippen LogP contribution in [-0.2, 0) is 6.54 Å². The second-order valence-electron chi connectivity index (χ2n) is 5.28. The van der Waals surface area contributed by atoms with E-state index in [2.05, 4.69) is 26.8 Å². The van der Waals surface area contributed by atoms with Crippen LogP contribution < -0.4 is 5.32 Å². The van der Waals surface area contributed by atoms with E-state index in [0.29, 0.717) is 5.92 Å². The molecule has 1 aliphatic rings. The van der Waals surface area contributed by atoms with Gasteiger partial charge in [-0.1, -0.05) is 0 Å². The number of rotatable bonds is 3. The molecule has 1 saturated heterocycles. The van der Waals surface area contributed by atoms with Crippen molar-refractivity contribution in [3.63, 3.8) is 0 Å². The summed E-state index contributed by atoms with van der Waals surface area (Å²) in [7, 11) is 0. The van der Waals surface area contributed by atoms with Gasteiger partial charge >= 0.3 is 0 Å². The van der Waals surface area contributed by atoms with Crippen molar-refractivity contribution in [2.24, 2.45) is 5.92 Å². The Hall–Kier alpha value is -1.68. The van der Waals surface area contributed by atoms with Crippen molar-refractivity contribution in [3.8, 4) is 11.4 Å². The van der Waals surface area contributed by atoms with Crippen LogP contribution in [-0.4, -0.2) is 27.6 Å². The van der Waals surface area contributed by atoms with Crippen molar-refractivity contribution < 1.29 is 0 Å². The maximum absolute atomic E-state index is 4.57. The van der Waals surface area contributed by atoms with E-state index in [1.807, 2.05) is 30.7 Å². The van der Waals surface area contributed by atoms with Crippen LogP contribution in [0.5, 0.6) is 0 Å². The molecule has 0 aromatic carbocycles. The molecule has 1 N–H and O–H groups in total. The minimum absolute atomic E-state index is 0.710. The first-order valence-corrected chi connectivity index (χ1v) is 6.98. The van der Waals surface area contributed by atoms with E-state index in [-0.39, 0.29) is 0 Å². The third-order valence-corrected chi connectivity index (χ3v) is 3.83. The van der Waals surface area contributed by atoms with Gasteiger partial charge in [0.2, 0.25) is 0 Å². The largest absolute Gasteiger partial charge is 0.328 e. The van der Waals surface area contributed by atoms with Gasteiger partial charge in [0.05, 0.1) is 0 Å². The average molecular weight is 256 g/mol. The van der Waals surface area contributed by atoms with Gasteiger partial charge in [-0.2, -0.15) is 0 Å². The van der Waals surface area contributed by atoms with Gasteiger partial charge in [0.25, 0.3) is 0 Å². The summed E-state index contributed by atoms with van der Waals surface area (Å²) in [5.74, 6) is 1.77. The average Bonchev–Trinajstić information content (AvgIpc) is 2.82. The molecular weight excluding hydrogens is 236 g/mol. The number of nitrogens with one attached hydrogen (secondary N) is 1. The van der Waals surface area contributed by atoms with Crippen molar-refractivity contribution in [2.75, 3.05) is 13.1 Å². The Morgan fingerprint density at radius 1 is 1.37 bits per heavy atom. The fourth-order valence-electron chi connectivity index (χ4n) is 2.76. The van der Waals surface area contributed by atoms with E-state index in [9.17, 15) is 0 Å². The van der Waals surface area contributed by atoms with Crippen molar-refractivity contribution in [1.29, 1.82) is 0 Å². The predicted molar refractivity (Wildman–Crippen MR) is 75.8 cm³/mol. The van der Waals surface area contributed by atoms with Gasteiger partial charge in [0, 0.05) is 36.4 Å². The maximum atomic E-state index is 4.57. The molecule has 0 saturated carbocycles. The van der Waals surface area contributed by atoms with Gasteiger partial charge in [0.15, 0.2) is 0 Å². The molecule has 1 atom stereocenters. The molecule has 100 valence electrons. The van der Waals surface area contributed by atoms with E-state index in [1.54, 1.807) is 0 Å². The van der Waals surface area contributed by atoms with Gasteiger partial charge in [0.1, 0.15) is 5.82 Å².